The average molecular weight is 382 g/mol. The van der Waals surface area contributed by atoms with Crippen LogP contribution < -0.4 is 4.90 Å². The van der Waals surface area contributed by atoms with E-state index in [4.69, 9.17) is 0 Å². The SMILES string of the molecule is CN(C)c1ccc(S(=O)(=O)N(Cc2ccccc2)Cc2ccccc2)cn1. The molecule has 3 rings (SSSR count). The first-order chi connectivity index (χ1) is 13.0. The van der Waals surface area contributed by atoms with Gasteiger partial charge in [0.1, 0.15) is 10.7 Å². The molecule has 5 nitrogen and oxygen atoms in total. The lowest BCUT2D eigenvalue weighted by Gasteiger charge is -2.23. The van der Waals surface area contributed by atoms with E-state index in [1.807, 2.05) is 79.7 Å². The Morgan fingerprint density at radius 3 is 1.70 bits per heavy atom. The molecule has 0 unspecified atom stereocenters. The normalized spacial score (nSPS) is 11.5. The van der Waals surface area contributed by atoms with Crippen molar-refractivity contribution in [2.75, 3.05) is 19.0 Å². The van der Waals surface area contributed by atoms with Crippen molar-refractivity contribution in [2.45, 2.75) is 18.0 Å². The fraction of sp³-hybridized carbons (Fsp3) is 0.190. The monoisotopic (exact) mass is 381 g/mol. The molecule has 0 bridgehead atoms. The Kier molecular flexibility index (Phi) is 5.88. The maximum atomic E-state index is 13.3. The highest BCUT2D eigenvalue weighted by molar-refractivity contribution is 7.89. The summed E-state index contributed by atoms with van der Waals surface area (Å²) in [5, 5.41) is 0. The van der Waals surface area contributed by atoms with Gasteiger partial charge in [0.15, 0.2) is 0 Å². The topological polar surface area (TPSA) is 53.5 Å². The molecule has 0 saturated carbocycles. The zero-order chi connectivity index (χ0) is 19.3. The van der Waals surface area contributed by atoms with E-state index >= 15 is 0 Å². The Morgan fingerprint density at radius 1 is 0.778 bits per heavy atom. The molecule has 27 heavy (non-hydrogen) atoms. The molecule has 0 N–H and O–H groups in total. The summed E-state index contributed by atoms with van der Waals surface area (Å²) in [7, 11) is 0.0497. The fourth-order valence-corrected chi connectivity index (χ4v) is 4.10. The maximum Gasteiger partial charge on any atom is 0.245 e. The third-order valence-corrected chi connectivity index (χ3v) is 6.00. The van der Waals surface area contributed by atoms with E-state index in [0.29, 0.717) is 18.9 Å². The highest BCUT2D eigenvalue weighted by Crippen LogP contribution is 2.22. The highest BCUT2D eigenvalue weighted by atomic mass is 32.2. The first kappa shape index (κ1) is 19.1. The quantitative estimate of drug-likeness (QED) is 0.628. The zero-order valence-corrected chi connectivity index (χ0v) is 16.3. The van der Waals surface area contributed by atoms with Crippen LogP contribution in [0.15, 0.2) is 83.9 Å². The van der Waals surface area contributed by atoms with Gasteiger partial charge in [-0.3, -0.25) is 0 Å². The fourth-order valence-electron chi connectivity index (χ4n) is 2.74. The molecule has 0 saturated heterocycles. The van der Waals surface area contributed by atoms with Crippen molar-refractivity contribution < 1.29 is 8.42 Å². The van der Waals surface area contributed by atoms with Crippen LogP contribution in [0.25, 0.3) is 0 Å². The molecule has 0 amide bonds. The van der Waals surface area contributed by atoms with Gasteiger partial charge in [0, 0.05) is 33.4 Å². The molecule has 1 heterocycles. The van der Waals surface area contributed by atoms with Crippen LogP contribution in [0.5, 0.6) is 0 Å². The van der Waals surface area contributed by atoms with Crippen LogP contribution >= 0.6 is 0 Å². The Balaban J connectivity index is 1.94. The van der Waals surface area contributed by atoms with Crippen molar-refractivity contribution in [2.24, 2.45) is 0 Å². The molecule has 3 aromatic rings. The summed E-state index contributed by atoms with van der Waals surface area (Å²) in [6.45, 7) is 0.598. The number of pyridine rings is 1. The average Bonchev–Trinajstić information content (AvgIpc) is 2.69. The van der Waals surface area contributed by atoms with E-state index in [1.165, 1.54) is 10.5 Å². The number of aromatic nitrogens is 1. The van der Waals surface area contributed by atoms with E-state index in [-0.39, 0.29) is 4.90 Å². The second-order valence-corrected chi connectivity index (χ2v) is 8.43. The molecule has 0 atom stereocenters. The number of anilines is 1. The van der Waals surface area contributed by atoms with Gasteiger partial charge >= 0.3 is 0 Å². The highest BCUT2D eigenvalue weighted by Gasteiger charge is 2.25. The summed E-state index contributed by atoms with van der Waals surface area (Å²) >= 11 is 0. The standard InChI is InChI=1S/C21H23N3O2S/c1-23(2)21-14-13-20(15-22-21)27(25,26)24(16-18-9-5-3-6-10-18)17-19-11-7-4-8-12-19/h3-15H,16-17H2,1-2H3. The van der Waals surface area contributed by atoms with Crippen molar-refractivity contribution in [3.05, 3.63) is 90.1 Å². The largest absolute Gasteiger partial charge is 0.363 e. The molecule has 0 fully saturated rings. The van der Waals surface area contributed by atoms with Crippen molar-refractivity contribution in [1.82, 2.24) is 9.29 Å². The molecule has 0 radical (unpaired) electrons. The molecular weight excluding hydrogens is 358 g/mol. The number of rotatable bonds is 7. The van der Waals surface area contributed by atoms with Crippen molar-refractivity contribution in [1.29, 1.82) is 0 Å². The minimum atomic E-state index is -3.69. The number of sulfonamides is 1. The summed E-state index contributed by atoms with van der Waals surface area (Å²) in [6, 6.07) is 22.5. The van der Waals surface area contributed by atoms with E-state index in [9.17, 15) is 8.42 Å². The van der Waals surface area contributed by atoms with Gasteiger partial charge in [-0.1, -0.05) is 60.7 Å². The molecule has 2 aromatic carbocycles. The van der Waals surface area contributed by atoms with E-state index < -0.39 is 10.0 Å². The number of benzene rings is 2. The van der Waals surface area contributed by atoms with Gasteiger partial charge in [0.2, 0.25) is 10.0 Å². The van der Waals surface area contributed by atoms with Gasteiger partial charge in [0.05, 0.1) is 0 Å². The van der Waals surface area contributed by atoms with E-state index in [2.05, 4.69) is 4.98 Å². The van der Waals surface area contributed by atoms with Crippen molar-refractivity contribution in [3.8, 4) is 0 Å². The minimum absolute atomic E-state index is 0.194. The van der Waals surface area contributed by atoms with Crippen LogP contribution in [-0.4, -0.2) is 31.8 Å². The summed E-state index contributed by atoms with van der Waals surface area (Å²) in [5.41, 5.74) is 1.88. The molecule has 0 aliphatic carbocycles. The van der Waals surface area contributed by atoms with Crippen molar-refractivity contribution >= 4 is 15.8 Å². The molecule has 1 aromatic heterocycles. The predicted octanol–water partition coefficient (Wildman–Crippen LogP) is 3.54. The lowest BCUT2D eigenvalue weighted by atomic mass is 10.2. The molecule has 6 heteroatoms. The van der Waals surface area contributed by atoms with Crippen LogP contribution in [-0.2, 0) is 23.1 Å². The number of nitrogens with zero attached hydrogens (tertiary/aromatic N) is 3. The van der Waals surface area contributed by atoms with Crippen LogP contribution in [0, 0.1) is 0 Å². The van der Waals surface area contributed by atoms with Crippen LogP contribution in [0.2, 0.25) is 0 Å². The maximum absolute atomic E-state index is 13.3. The van der Waals surface area contributed by atoms with Crippen molar-refractivity contribution in [3.63, 3.8) is 0 Å². The van der Waals surface area contributed by atoms with Gasteiger partial charge in [-0.05, 0) is 23.3 Å². The second kappa shape index (κ2) is 8.33. The number of hydrogen-bond donors (Lipinski definition) is 0. The van der Waals surface area contributed by atoms with Gasteiger partial charge in [-0.15, -0.1) is 0 Å². The third-order valence-electron chi connectivity index (χ3n) is 4.22. The van der Waals surface area contributed by atoms with Gasteiger partial charge in [-0.2, -0.15) is 4.31 Å². The first-order valence-corrected chi connectivity index (χ1v) is 10.1. The lowest BCUT2D eigenvalue weighted by Crippen LogP contribution is -2.30. The Labute approximate surface area is 161 Å². The summed E-state index contributed by atoms with van der Waals surface area (Å²) < 4.78 is 28.1. The summed E-state index contributed by atoms with van der Waals surface area (Å²) in [6.07, 6.45) is 1.42. The molecular formula is C21H23N3O2S. The van der Waals surface area contributed by atoms with Crippen LogP contribution in [0.3, 0.4) is 0 Å². The minimum Gasteiger partial charge on any atom is -0.363 e. The molecule has 140 valence electrons. The zero-order valence-electron chi connectivity index (χ0n) is 15.5. The molecule has 0 aliphatic rings. The lowest BCUT2D eigenvalue weighted by molar-refractivity contribution is 0.401. The van der Waals surface area contributed by atoms with E-state index in [0.717, 1.165) is 11.1 Å². The third kappa shape index (κ3) is 4.72. The van der Waals surface area contributed by atoms with Gasteiger partial charge < -0.3 is 4.90 Å². The molecule has 0 spiro atoms. The number of hydrogen-bond acceptors (Lipinski definition) is 4. The predicted molar refractivity (Wildman–Crippen MR) is 108 cm³/mol. The Bertz CT molecular complexity index is 916. The Hall–Kier alpha value is -2.70. The van der Waals surface area contributed by atoms with Crippen LogP contribution in [0.1, 0.15) is 11.1 Å². The summed E-state index contributed by atoms with van der Waals surface area (Å²) in [5.74, 6) is 0.714. The smallest absolute Gasteiger partial charge is 0.245 e. The summed E-state index contributed by atoms with van der Waals surface area (Å²) in [4.78, 5) is 6.29. The Morgan fingerprint density at radius 2 is 1.30 bits per heavy atom. The molecule has 0 aliphatic heterocycles. The first-order valence-electron chi connectivity index (χ1n) is 8.68. The van der Waals surface area contributed by atoms with Gasteiger partial charge in [0.25, 0.3) is 0 Å². The van der Waals surface area contributed by atoms with E-state index in [1.54, 1.807) is 12.1 Å². The van der Waals surface area contributed by atoms with Gasteiger partial charge in [-0.25, -0.2) is 13.4 Å². The van der Waals surface area contributed by atoms with Crippen LogP contribution in [0.4, 0.5) is 5.82 Å². The second-order valence-electron chi connectivity index (χ2n) is 6.49.